The van der Waals surface area contributed by atoms with Gasteiger partial charge < -0.3 is 14.2 Å². The number of halogens is 1. The van der Waals surface area contributed by atoms with E-state index in [4.69, 9.17) is 14.2 Å². The van der Waals surface area contributed by atoms with Crippen LogP contribution in [0.4, 0.5) is 4.39 Å². The van der Waals surface area contributed by atoms with Crippen LogP contribution in [0.3, 0.4) is 0 Å². The van der Waals surface area contributed by atoms with E-state index in [0.717, 1.165) is 30.5 Å². The molecule has 1 fully saturated rings. The van der Waals surface area contributed by atoms with Crippen molar-refractivity contribution in [2.24, 2.45) is 5.92 Å². The smallest absolute Gasteiger partial charge is 0.310 e. The van der Waals surface area contributed by atoms with Crippen molar-refractivity contribution in [2.45, 2.75) is 39.2 Å². The number of piperidine rings is 1. The minimum absolute atomic E-state index is 0.130. The summed E-state index contributed by atoms with van der Waals surface area (Å²) in [6, 6.07) is 12.7. The van der Waals surface area contributed by atoms with Gasteiger partial charge in [-0.2, -0.15) is 0 Å². The van der Waals surface area contributed by atoms with Crippen LogP contribution >= 0.6 is 0 Å². The molecule has 2 atom stereocenters. The van der Waals surface area contributed by atoms with Crippen LogP contribution in [-0.4, -0.2) is 30.6 Å². The van der Waals surface area contributed by atoms with Crippen molar-refractivity contribution >= 4 is 5.97 Å². The van der Waals surface area contributed by atoms with Crippen LogP contribution < -0.4 is 4.74 Å². The first-order valence-electron chi connectivity index (χ1n) is 10.2. The molecule has 5 nitrogen and oxygen atoms in total. The summed E-state index contributed by atoms with van der Waals surface area (Å²) in [6.07, 6.45) is 1.23. The van der Waals surface area contributed by atoms with Crippen LogP contribution in [0.15, 0.2) is 42.5 Å². The number of esters is 1. The maximum Gasteiger partial charge on any atom is 0.310 e. The van der Waals surface area contributed by atoms with Gasteiger partial charge in [-0.1, -0.05) is 30.3 Å². The van der Waals surface area contributed by atoms with Gasteiger partial charge >= 0.3 is 5.97 Å². The summed E-state index contributed by atoms with van der Waals surface area (Å²) in [5.41, 5.74) is 2.42. The number of carbonyl (C=O) groups excluding carboxylic acids is 1. The third kappa shape index (κ3) is 4.60. The topological polar surface area (TPSA) is 48.0 Å². The Morgan fingerprint density at radius 1 is 1.28 bits per heavy atom. The summed E-state index contributed by atoms with van der Waals surface area (Å²) in [6.45, 7) is 4.51. The molecular formula is C23H26FNO4. The fraction of sp³-hybridized carbons (Fsp3) is 0.435. The van der Waals surface area contributed by atoms with E-state index in [1.54, 1.807) is 0 Å². The molecule has 0 radical (unpaired) electrons. The second-order valence-electron chi connectivity index (χ2n) is 7.55. The monoisotopic (exact) mass is 399 g/mol. The predicted molar refractivity (Wildman–Crippen MR) is 106 cm³/mol. The molecule has 0 unspecified atom stereocenters. The summed E-state index contributed by atoms with van der Waals surface area (Å²) >= 11 is 0. The molecule has 2 aromatic carbocycles. The number of benzene rings is 2. The molecule has 6 heteroatoms. The van der Waals surface area contributed by atoms with Gasteiger partial charge in [-0.25, -0.2) is 4.39 Å². The highest BCUT2D eigenvalue weighted by atomic mass is 19.1. The molecular weight excluding hydrogens is 373 g/mol. The Bertz CT molecular complexity index is 857. The predicted octanol–water partition coefficient (Wildman–Crippen LogP) is 4.21. The quantitative estimate of drug-likeness (QED) is 0.705. The standard InChI is InChI=1S/C23H26FNO4/c1-2-27-22(26)17-9-6-10-25(13-17)14-18-11-20(24)12-19-15-28-23(29-21(18)19)16-7-4-3-5-8-16/h3-5,7-8,11-12,17,23H,2,6,9-10,13-15H2,1H3/t17-,23+/m0/s1. The van der Waals surface area contributed by atoms with E-state index in [-0.39, 0.29) is 17.7 Å². The number of ether oxygens (including phenoxy) is 3. The molecule has 0 N–H and O–H groups in total. The van der Waals surface area contributed by atoms with Crippen LogP contribution in [0.5, 0.6) is 5.75 Å². The first-order chi connectivity index (χ1) is 14.1. The maximum absolute atomic E-state index is 14.2. The highest BCUT2D eigenvalue weighted by Gasteiger charge is 2.29. The lowest BCUT2D eigenvalue weighted by Crippen LogP contribution is -2.39. The van der Waals surface area contributed by atoms with E-state index in [1.807, 2.05) is 37.3 Å². The maximum atomic E-state index is 14.2. The average Bonchev–Trinajstić information content (AvgIpc) is 2.74. The fourth-order valence-corrected chi connectivity index (χ4v) is 4.06. The third-order valence-electron chi connectivity index (χ3n) is 5.41. The molecule has 2 aromatic rings. The van der Waals surface area contributed by atoms with E-state index < -0.39 is 6.29 Å². The number of rotatable bonds is 5. The summed E-state index contributed by atoms with van der Waals surface area (Å²) in [5, 5.41) is 0. The van der Waals surface area contributed by atoms with Gasteiger partial charge in [-0.3, -0.25) is 9.69 Å². The highest BCUT2D eigenvalue weighted by molar-refractivity contribution is 5.72. The fourth-order valence-electron chi connectivity index (χ4n) is 4.06. The van der Waals surface area contributed by atoms with Crippen molar-refractivity contribution in [1.82, 2.24) is 4.90 Å². The van der Waals surface area contributed by atoms with Crippen LogP contribution in [0.2, 0.25) is 0 Å². The molecule has 2 aliphatic rings. The zero-order valence-electron chi connectivity index (χ0n) is 16.6. The largest absolute Gasteiger partial charge is 0.466 e. The highest BCUT2D eigenvalue weighted by Crippen LogP contribution is 2.37. The van der Waals surface area contributed by atoms with Crippen LogP contribution in [0, 0.1) is 11.7 Å². The number of carbonyl (C=O) groups is 1. The second-order valence-corrected chi connectivity index (χ2v) is 7.55. The van der Waals surface area contributed by atoms with Crippen LogP contribution in [0.1, 0.15) is 42.7 Å². The first kappa shape index (κ1) is 19.9. The van der Waals surface area contributed by atoms with E-state index in [0.29, 0.717) is 37.6 Å². The first-order valence-corrected chi connectivity index (χ1v) is 10.2. The Balaban J connectivity index is 1.52. The zero-order chi connectivity index (χ0) is 20.2. The lowest BCUT2D eigenvalue weighted by molar-refractivity contribution is -0.150. The summed E-state index contributed by atoms with van der Waals surface area (Å²) in [4.78, 5) is 14.3. The van der Waals surface area contributed by atoms with Crippen molar-refractivity contribution in [3.63, 3.8) is 0 Å². The summed E-state index contributed by atoms with van der Waals surface area (Å²) in [7, 11) is 0. The molecule has 0 amide bonds. The Hall–Kier alpha value is -2.44. The number of hydrogen-bond acceptors (Lipinski definition) is 5. The molecule has 2 heterocycles. The van der Waals surface area contributed by atoms with Crippen molar-refractivity contribution in [3.8, 4) is 5.75 Å². The van der Waals surface area contributed by atoms with Gasteiger partial charge in [0.25, 0.3) is 0 Å². The van der Waals surface area contributed by atoms with Crippen LogP contribution in [-0.2, 0) is 27.4 Å². The molecule has 1 saturated heterocycles. The van der Waals surface area contributed by atoms with E-state index in [1.165, 1.54) is 12.1 Å². The van der Waals surface area contributed by atoms with Crippen LogP contribution in [0.25, 0.3) is 0 Å². The van der Waals surface area contributed by atoms with Gasteiger partial charge in [0.15, 0.2) is 0 Å². The minimum atomic E-state index is -0.512. The SMILES string of the molecule is CCOC(=O)[C@H]1CCCN(Cc2cc(F)cc3c2O[C@H](c2ccccc2)OC3)C1. The molecule has 4 rings (SSSR count). The molecule has 0 bridgehead atoms. The van der Waals surface area contributed by atoms with Gasteiger partial charge in [0, 0.05) is 29.8 Å². The van der Waals surface area contributed by atoms with Crippen molar-refractivity contribution < 1.29 is 23.4 Å². The van der Waals surface area contributed by atoms with Crippen molar-refractivity contribution in [1.29, 1.82) is 0 Å². The van der Waals surface area contributed by atoms with Gasteiger partial charge in [0.2, 0.25) is 6.29 Å². The summed E-state index contributed by atoms with van der Waals surface area (Å²) < 4.78 is 31.4. The third-order valence-corrected chi connectivity index (χ3v) is 5.41. The Morgan fingerprint density at radius 2 is 2.10 bits per heavy atom. The number of nitrogens with zero attached hydrogens (tertiary/aromatic N) is 1. The second kappa shape index (κ2) is 8.93. The molecule has 29 heavy (non-hydrogen) atoms. The summed E-state index contributed by atoms with van der Waals surface area (Å²) in [5.74, 6) is 0.106. The van der Waals surface area contributed by atoms with Gasteiger partial charge in [0.05, 0.1) is 19.1 Å². The normalized spacial score (nSPS) is 21.9. The number of fused-ring (bicyclic) bond motifs is 1. The molecule has 0 spiro atoms. The van der Waals surface area contributed by atoms with Gasteiger partial charge in [-0.15, -0.1) is 0 Å². The lowest BCUT2D eigenvalue weighted by atomic mass is 9.97. The number of likely N-dealkylation sites (tertiary alicyclic amines) is 1. The number of hydrogen-bond donors (Lipinski definition) is 0. The zero-order valence-corrected chi connectivity index (χ0v) is 16.6. The average molecular weight is 399 g/mol. The minimum Gasteiger partial charge on any atom is -0.466 e. The van der Waals surface area contributed by atoms with E-state index >= 15 is 0 Å². The van der Waals surface area contributed by atoms with Gasteiger partial charge in [-0.05, 0) is 38.4 Å². The molecule has 0 aromatic heterocycles. The van der Waals surface area contributed by atoms with Crippen molar-refractivity contribution in [2.75, 3.05) is 19.7 Å². The molecule has 0 saturated carbocycles. The van der Waals surface area contributed by atoms with Gasteiger partial charge in [0.1, 0.15) is 11.6 Å². The molecule has 0 aliphatic carbocycles. The molecule has 2 aliphatic heterocycles. The Morgan fingerprint density at radius 3 is 2.90 bits per heavy atom. The lowest BCUT2D eigenvalue weighted by Gasteiger charge is -2.33. The van der Waals surface area contributed by atoms with E-state index in [2.05, 4.69) is 4.90 Å². The Labute approximate surface area is 170 Å². The van der Waals surface area contributed by atoms with E-state index in [9.17, 15) is 9.18 Å². The molecule has 154 valence electrons. The van der Waals surface area contributed by atoms with Crippen molar-refractivity contribution in [3.05, 3.63) is 65.0 Å². The Kier molecular flexibility index (Phi) is 6.11.